The van der Waals surface area contributed by atoms with Crippen LogP contribution in [0.3, 0.4) is 0 Å². The van der Waals surface area contributed by atoms with E-state index in [4.69, 9.17) is 0 Å². The summed E-state index contributed by atoms with van der Waals surface area (Å²) in [6.45, 7) is 6.68. The number of fused-ring (bicyclic) bond motifs is 1. The number of nitrogens with one attached hydrogen (secondary N) is 1. The number of pyridine rings is 1. The molecule has 3 rings (SSSR count). The number of carbonyl (C=O) groups excluding carboxylic acids is 1. The molecule has 1 aliphatic heterocycles. The normalized spacial score (nSPS) is 14.4. The maximum absolute atomic E-state index is 12.5. The van der Waals surface area contributed by atoms with Crippen molar-refractivity contribution in [2.45, 2.75) is 39.4 Å². The van der Waals surface area contributed by atoms with Gasteiger partial charge in [0.25, 0.3) is 5.91 Å². The highest BCUT2D eigenvalue weighted by atomic mass is 16.2. The molecule has 1 N–H and O–H groups in total. The molecule has 0 spiro atoms. The Labute approximate surface area is 137 Å². The average molecular weight is 312 g/mol. The molecule has 0 unspecified atom stereocenters. The fourth-order valence-electron chi connectivity index (χ4n) is 2.96. The van der Waals surface area contributed by atoms with Crippen LogP contribution in [0.2, 0.25) is 0 Å². The molecule has 0 bridgehead atoms. The number of rotatable bonds is 4. The lowest BCUT2D eigenvalue weighted by molar-refractivity contribution is 0.0728. The second-order valence-electron chi connectivity index (χ2n) is 6.51. The van der Waals surface area contributed by atoms with Gasteiger partial charge in [-0.2, -0.15) is 0 Å². The van der Waals surface area contributed by atoms with Crippen molar-refractivity contribution in [2.75, 3.05) is 13.6 Å². The van der Waals surface area contributed by atoms with Gasteiger partial charge in [-0.25, -0.2) is 0 Å². The molecule has 0 fully saturated rings. The van der Waals surface area contributed by atoms with E-state index >= 15 is 0 Å². The number of amides is 1. The van der Waals surface area contributed by atoms with Crippen LogP contribution in [0.5, 0.6) is 0 Å². The third-order valence-corrected chi connectivity index (χ3v) is 4.65. The Bertz CT molecular complexity index is 678. The molecule has 122 valence electrons. The summed E-state index contributed by atoms with van der Waals surface area (Å²) in [5, 5.41) is 0. The molecule has 0 saturated heterocycles. The van der Waals surface area contributed by atoms with Gasteiger partial charge in [-0.05, 0) is 56.1 Å². The van der Waals surface area contributed by atoms with E-state index in [1.165, 1.54) is 16.7 Å². The van der Waals surface area contributed by atoms with Crippen LogP contribution in [0.15, 0.2) is 30.7 Å². The fraction of sp³-hybridized carbons (Fsp3) is 0.444. The molecule has 0 aromatic carbocycles. The van der Waals surface area contributed by atoms with E-state index in [1.54, 1.807) is 6.20 Å². The number of H-pyrrole nitrogens is 1. The molecule has 0 saturated carbocycles. The molecular weight excluding hydrogens is 288 g/mol. The van der Waals surface area contributed by atoms with Gasteiger partial charge in [-0.15, -0.1) is 0 Å². The summed E-state index contributed by atoms with van der Waals surface area (Å²) in [7, 11) is 2.13. The number of aromatic nitrogens is 2. The largest absolute Gasteiger partial charge is 0.357 e. The number of hydrogen-bond acceptors (Lipinski definition) is 3. The van der Waals surface area contributed by atoms with Gasteiger partial charge in [0.15, 0.2) is 0 Å². The van der Waals surface area contributed by atoms with E-state index in [0.29, 0.717) is 18.3 Å². The highest BCUT2D eigenvalue weighted by Gasteiger charge is 2.24. The predicted octanol–water partition coefficient (Wildman–Crippen LogP) is 2.45. The predicted molar refractivity (Wildman–Crippen MR) is 90.1 cm³/mol. The number of carbonyl (C=O) groups is 1. The molecule has 1 aliphatic rings. The third kappa shape index (κ3) is 3.29. The summed E-state index contributed by atoms with van der Waals surface area (Å²) in [6, 6.07) is 4.18. The van der Waals surface area contributed by atoms with Gasteiger partial charge in [0.1, 0.15) is 5.69 Å². The smallest absolute Gasteiger partial charge is 0.270 e. The first kappa shape index (κ1) is 15.7. The Morgan fingerprint density at radius 2 is 2.26 bits per heavy atom. The lowest BCUT2D eigenvalue weighted by Crippen LogP contribution is -2.37. The molecule has 0 atom stereocenters. The zero-order chi connectivity index (χ0) is 16.4. The van der Waals surface area contributed by atoms with Crippen molar-refractivity contribution in [1.82, 2.24) is 19.8 Å². The van der Waals surface area contributed by atoms with Gasteiger partial charge in [-0.3, -0.25) is 14.7 Å². The van der Waals surface area contributed by atoms with Gasteiger partial charge in [0.2, 0.25) is 0 Å². The van der Waals surface area contributed by atoms with Crippen LogP contribution in [-0.2, 0) is 19.5 Å². The molecule has 5 nitrogen and oxygen atoms in total. The van der Waals surface area contributed by atoms with Crippen LogP contribution in [0, 0.1) is 0 Å². The fourth-order valence-corrected chi connectivity index (χ4v) is 2.96. The minimum Gasteiger partial charge on any atom is -0.357 e. The first-order chi connectivity index (χ1) is 11.1. The Kier molecular flexibility index (Phi) is 4.48. The standard InChI is InChI=1S/C18H24N4O/c1-13(2)21(3)11-14-9-19-10-15-12-22(8-6-16(14)15)18(23)17-5-4-7-20-17/h4-5,7,9-10,13,20H,6,8,11-12H2,1-3H3. The second kappa shape index (κ2) is 6.54. The van der Waals surface area contributed by atoms with Crippen LogP contribution in [0.4, 0.5) is 0 Å². The molecule has 0 radical (unpaired) electrons. The second-order valence-corrected chi connectivity index (χ2v) is 6.51. The Morgan fingerprint density at radius 1 is 1.43 bits per heavy atom. The van der Waals surface area contributed by atoms with Crippen LogP contribution in [-0.4, -0.2) is 45.3 Å². The summed E-state index contributed by atoms with van der Waals surface area (Å²) in [4.78, 5) is 24.1. The van der Waals surface area contributed by atoms with Crippen molar-refractivity contribution < 1.29 is 4.79 Å². The van der Waals surface area contributed by atoms with Gasteiger partial charge < -0.3 is 9.88 Å². The first-order valence-corrected chi connectivity index (χ1v) is 8.13. The van der Waals surface area contributed by atoms with Gasteiger partial charge in [-0.1, -0.05) is 0 Å². The van der Waals surface area contributed by atoms with Crippen molar-refractivity contribution >= 4 is 5.91 Å². The zero-order valence-electron chi connectivity index (χ0n) is 14.0. The lowest BCUT2D eigenvalue weighted by Gasteiger charge is -2.31. The van der Waals surface area contributed by atoms with E-state index in [2.05, 4.69) is 35.8 Å². The van der Waals surface area contributed by atoms with E-state index in [9.17, 15) is 4.79 Å². The topological polar surface area (TPSA) is 52.2 Å². The summed E-state index contributed by atoms with van der Waals surface area (Å²) in [6.07, 6.45) is 6.56. The van der Waals surface area contributed by atoms with Crippen LogP contribution in [0.1, 0.15) is 41.0 Å². The summed E-state index contributed by atoms with van der Waals surface area (Å²) >= 11 is 0. The van der Waals surface area contributed by atoms with Crippen LogP contribution >= 0.6 is 0 Å². The van der Waals surface area contributed by atoms with E-state index in [-0.39, 0.29) is 5.91 Å². The van der Waals surface area contributed by atoms with Crippen molar-refractivity contribution in [1.29, 1.82) is 0 Å². The molecule has 2 aromatic rings. The van der Waals surface area contributed by atoms with Gasteiger partial charge in [0.05, 0.1) is 0 Å². The average Bonchev–Trinajstić information content (AvgIpc) is 3.08. The Morgan fingerprint density at radius 3 is 2.96 bits per heavy atom. The molecule has 23 heavy (non-hydrogen) atoms. The highest BCUT2D eigenvalue weighted by molar-refractivity contribution is 5.92. The summed E-state index contributed by atoms with van der Waals surface area (Å²) in [5.41, 5.74) is 4.47. The molecule has 1 amide bonds. The third-order valence-electron chi connectivity index (χ3n) is 4.65. The highest BCUT2D eigenvalue weighted by Crippen LogP contribution is 2.23. The molecule has 2 aromatic heterocycles. The van der Waals surface area contributed by atoms with Gasteiger partial charge in [0, 0.05) is 44.3 Å². The van der Waals surface area contributed by atoms with E-state index in [1.807, 2.05) is 29.4 Å². The minimum atomic E-state index is 0.0605. The van der Waals surface area contributed by atoms with E-state index in [0.717, 1.165) is 19.5 Å². The van der Waals surface area contributed by atoms with Crippen molar-refractivity contribution in [3.63, 3.8) is 0 Å². The van der Waals surface area contributed by atoms with E-state index < -0.39 is 0 Å². The monoisotopic (exact) mass is 312 g/mol. The summed E-state index contributed by atoms with van der Waals surface area (Å²) in [5.74, 6) is 0.0605. The lowest BCUT2D eigenvalue weighted by atomic mass is 9.96. The molecule has 5 heteroatoms. The van der Waals surface area contributed by atoms with Crippen molar-refractivity contribution in [3.05, 3.63) is 53.1 Å². The molecule has 0 aliphatic carbocycles. The van der Waals surface area contributed by atoms with Crippen molar-refractivity contribution in [2.24, 2.45) is 0 Å². The molecular formula is C18H24N4O. The summed E-state index contributed by atoms with van der Waals surface area (Å²) < 4.78 is 0. The number of hydrogen-bond donors (Lipinski definition) is 1. The number of aromatic amines is 1. The van der Waals surface area contributed by atoms with Crippen LogP contribution < -0.4 is 0 Å². The molecule has 3 heterocycles. The van der Waals surface area contributed by atoms with Crippen molar-refractivity contribution in [3.8, 4) is 0 Å². The maximum atomic E-state index is 12.5. The Hall–Kier alpha value is -2.14. The minimum absolute atomic E-state index is 0.0605. The SMILES string of the molecule is CC(C)N(C)Cc1cncc2c1CCN(C(=O)c1ccc[nH]1)C2. The Balaban J connectivity index is 1.78. The first-order valence-electron chi connectivity index (χ1n) is 8.13. The van der Waals surface area contributed by atoms with Crippen LogP contribution in [0.25, 0.3) is 0 Å². The zero-order valence-corrected chi connectivity index (χ0v) is 14.0. The maximum Gasteiger partial charge on any atom is 0.270 e. The quantitative estimate of drug-likeness (QED) is 0.943. The van der Waals surface area contributed by atoms with Gasteiger partial charge >= 0.3 is 0 Å². The number of nitrogens with zero attached hydrogens (tertiary/aromatic N) is 3.